The van der Waals surface area contributed by atoms with E-state index in [-0.39, 0.29) is 0 Å². The molecule has 0 atom stereocenters. The summed E-state index contributed by atoms with van der Waals surface area (Å²) in [6.07, 6.45) is 5.22. The molecule has 4 heteroatoms. The van der Waals surface area contributed by atoms with Gasteiger partial charge in [-0.2, -0.15) is 0 Å². The smallest absolute Gasteiger partial charge is 0.141 e. The van der Waals surface area contributed by atoms with Crippen LogP contribution in [0.5, 0.6) is 0 Å². The minimum atomic E-state index is 0.569. The average Bonchev–Trinajstić information content (AvgIpc) is 2.22. The van der Waals surface area contributed by atoms with Crippen molar-refractivity contribution >= 4 is 21.7 Å². The van der Waals surface area contributed by atoms with E-state index in [0.29, 0.717) is 5.82 Å². The number of halogens is 1. The number of rotatable bonds is 5. The van der Waals surface area contributed by atoms with Crippen LogP contribution in [-0.2, 0) is 12.8 Å². The molecule has 0 aliphatic heterocycles. The molecule has 0 saturated carbocycles. The molecule has 0 aliphatic carbocycles. The lowest BCUT2D eigenvalue weighted by atomic mass is 10.2. The van der Waals surface area contributed by atoms with Crippen LogP contribution in [0.15, 0.2) is 4.47 Å². The van der Waals surface area contributed by atoms with Gasteiger partial charge >= 0.3 is 0 Å². The fourth-order valence-electron chi connectivity index (χ4n) is 1.41. The van der Waals surface area contributed by atoms with Crippen molar-refractivity contribution in [2.45, 2.75) is 46.0 Å². The molecule has 0 bridgehead atoms. The number of nitrogen functional groups attached to an aromatic ring is 1. The quantitative estimate of drug-likeness (QED) is 0.896. The highest BCUT2D eigenvalue weighted by Gasteiger charge is 2.08. The summed E-state index contributed by atoms with van der Waals surface area (Å²) in [6.45, 7) is 4.30. The lowest BCUT2D eigenvalue weighted by Gasteiger charge is -2.07. The zero-order valence-corrected chi connectivity index (χ0v) is 11.0. The van der Waals surface area contributed by atoms with E-state index >= 15 is 0 Å². The second kappa shape index (κ2) is 6.05. The Morgan fingerprint density at radius 1 is 1.13 bits per heavy atom. The third kappa shape index (κ3) is 3.45. The van der Waals surface area contributed by atoms with E-state index in [1.165, 1.54) is 0 Å². The molecule has 1 rings (SSSR count). The Labute approximate surface area is 99.6 Å². The summed E-state index contributed by atoms with van der Waals surface area (Å²) in [5, 5.41) is 0. The second-order valence-electron chi connectivity index (χ2n) is 3.64. The van der Waals surface area contributed by atoms with Gasteiger partial charge in [0.15, 0.2) is 0 Å². The predicted molar refractivity (Wildman–Crippen MR) is 66.8 cm³/mol. The monoisotopic (exact) mass is 271 g/mol. The van der Waals surface area contributed by atoms with E-state index < -0.39 is 0 Å². The van der Waals surface area contributed by atoms with E-state index in [1.807, 2.05) is 0 Å². The third-order valence-corrected chi connectivity index (χ3v) is 3.10. The molecule has 0 fully saturated rings. The van der Waals surface area contributed by atoms with Crippen molar-refractivity contribution in [2.75, 3.05) is 5.73 Å². The van der Waals surface area contributed by atoms with Crippen LogP contribution in [0.4, 0.5) is 5.82 Å². The molecule has 0 unspecified atom stereocenters. The van der Waals surface area contributed by atoms with Gasteiger partial charge in [0.05, 0.1) is 10.2 Å². The molecule has 3 nitrogen and oxygen atoms in total. The van der Waals surface area contributed by atoms with E-state index in [2.05, 4.69) is 39.7 Å². The molecule has 1 aromatic heterocycles. The first kappa shape index (κ1) is 12.4. The van der Waals surface area contributed by atoms with Crippen LogP contribution in [0.3, 0.4) is 0 Å². The van der Waals surface area contributed by atoms with Gasteiger partial charge < -0.3 is 5.73 Å². The Bertz CT molecular complexity index is 326. The minimum Gasteiger partial charge on any atom is -0.383 e. The number of aromatic nitrogens is 2. The van der Waals surface area contributed by atoms with Crippen molar-refractivity contribution in [1.29, 1.82) is 0 Å². The lowest BCUT2D eigenvalue weighted by molar-refractivity contribution is 0.737. The van der Waals surface area contributed by atoms with Gasteiger partial charge in [-0.25, -0.2) is 9.97 Å². The molecule has 0 aliphatic rings. The van der Waals surface area contributed by atoms with Crippen LogP contribution in [0.25, 0.3) is 0 Å². The Hall–Kier alpha value is -0.640. The average molecular weight is 272 g/mol. The number of nitrogens with two attached hydrogens (primary N) is 1. The highest BCUT2D eigenvalue weighted by molar-refractivity contribution is 9.10. The Kier molecular flexibility index (Phi) is 5.02. The maximum atomic E-state index is 5.83. The van der Waals surface area contributed by atoms with Gasteiger partial charge in [0, 0.05) is 6.42 Å². The van der Waals surface area contributed by atoms with Crippen LogP contribution >= 0.6 is 15.9 Å². The number of nitrogens with zero attached hydrogens (tertiary/aromatic N) is 2. The zero-order chi connectivity index (χ0) is 11.3. The minimum absolute atomic E-state index is 0.569. The summed E-state index contributed by atoms with van der Waals surface area (Å²) in [4.78, 5) is 8.80. The van der Waals surface area contributed by atoms with E-state index in [9.17, 15) is 0 Å². The molecule has 0 radical (unpaired) electrons. The van der Waals surface area contributed by atoms with Gasteiger partial charge in [-0.15, -0.1) is 0 Å². The van der Waals surface area contributed by atoms with Crippen molar-refractivity contribution in [3.63, 3.8) is 0 Å². The molecule has 0 spiro atoms. The summed E-state index contributed by atoms with van der Waals surface area (Å²) in [6, 6.07) is 0. The summed E-state index contributed by atoms with van der Waals surface area (Å²) >= 11 is 3.43. The standard InChI is InChI=1S/C11H18BrN3/c1-3-5-7-9-14-8(6-4-2)10(12)11(13)15-9/h3-7H2,1-2H3,(H2,13,14,15). The van der Waals surface area contributed by atoms with Gasteiger partial charge in [-0.05, 0) is 28.8 Å². The first-order chi connectivity index (χ1) is 7.19. The fourth-order valence-corrected chi connectivity index (χ4v) is 1.79. The zero-order valence-electron chi connectivity index (χ0n) is 9.39. The lowest BCUT2D eigenvalue weighted by Crippen LogP contribution is -2.05. The van der Waals surface area contributed by atoms with Crippen molar-refractivity contribution in [2.24, 2.45) is 0 Å². The van der Waals surface area contributed by atoms with Gasteiger partial charge in [-0.1, -0.05) is 26.7 Å². The molecular formula is C11H18BrN3. The van der Waals surface area contributed by atoms with Gasteiger partial charge in [0.25, 0.3) is 0 Å². The maximum absolute atomic E-state index is 5.83. The van der Waals surface area contributed by atoms with E-state index in [4.69, 9.17) is 5.73 Å². The number of unbranched alkanes of at least 4 members (excludes halogenated alkanes) is 1. The molecule has 0 amide bonds. The maximum Gasteiger partial charge on any atom is 0.141 e. The fraction of sp³-hybridized carbons (Fsp3) is 0.636. The summed E-state index contributed by atoms with van der Waals surface area (Å²) < 4.78 is 0.865. The summed E-state index contributed by atoms with van der Waals surface area (Å²) in [7, 11) is 0. The Morgan fingerprint density at radius 3 is 2.47 bits per heavy atom. The first-order valence-electron chi connectivity index (χ1n) is 5.49. The van der Waals surface area contributed by atoms with Crippen LogP contribution in [0.1, 0.15) is 44.6 Å². The van der Waals surface area contributed by atoms with Crippen molar-refractivity contribution < 1.29 is 0 Å². The number of aryl methyl sites for hydroxylation is 2. The Balaban J connectivity index is 2.90. The van der Waals surface area contributed by atoms with Crippen LogP contribution < -0.4 is 5.73 Å². The second-order valence-corrected chi connectivity index (χ2v) is 4.43. The topological polar surface area (TPSA) is 51.8 Å². The van der Waals surface area contributed by atoms with Gasteiger partial charge in [0.2, 0.25) is 0 Å². The molecule has 1 heterocycles. The number of hydrogen-bond donors (Lipinski definition) is 1. The molecule has 2 N–H and O–H groups in total. The summed E-state index contributed by atoms with van der Waals surface area (Å²) in [5.74, 6) is 1.44. The van der Waals surface area contributed by atoms with Crippen molar-refractivity contribution in [1.82, 2.24) is 9.97 Å². The molecule has 1 aromatic rings. The normalized spacial score (nSPS) is 10.6. The van der Waals surface area contributed by atoms with Crippen LogP contribution in [0.2, 0.25) is 0 Å². The van der Waals surface area contributed by atoms with Crippen molar-refractivity contribution in [3.8, 4) is 0 Å². The molecular weight excluding hydrogens is 254 g/mol. The highest BCUT2D eigenvalue weighted by Crippen LogP contribution is 2.22. The number of anilines is 1. The SMILES string of the molecule is CCCCc1nc(N)c(Br)c(CCC)n1. The van der Waals surface area contributed by atoms with Crippen LogP contribution in [0, 0.1) is 0 Å². The molecule has 84 valence electrons. The first-order valence-corrected chi connectivity index (χ1v) is 6.29. The molecule has 0 aromatic carbocycles. The number of hydrogen-bond acceptors (Lipinski definition) is 3. The van der Waals surface area contributed by atoms with E-state index in [0.717, 1.165) is 48.1 Å². The third-order valence-electron chi connectivity index (χ3n) is 2.23. The molecule has 0 saturated heterocycles. The molecule has 15 heavy (non-hydrogen) atoms. The predicted octanol–water partition coefficient (Wildman–Crippen LogP) is 3.12. The summed E-state index contributed by atoms with van der Waals surface area (Å²) in [5.41, 5.74) is 6.86. The van der Waals surface area contributed by atoms with Crippen molar-refractivity contribution in [3.05, 3.63) is 16.0 Å². The van der Waals surface area contributed by atoms with E-state index in [1.54, 1.807) is 0 Å². The van der Waals surface area contributed by atoms with Crippen LogP contribution in [-0.4, -0.2) is 9.97 Å². The van der Waals surface area contributed by atoms with Gasteiger partial charge in [-0.3, -0.25) is 0 Å². The van der Waals surface area contributed by atoms with Gasteiger partial charge in [0.1, 0.15) is 11.6 Å². The highest BCUT2D eigenvalue weighted by atomic mass is 79.9. The Morgan fingerprint density at radius 2 is 1.87 bits per heavy atom. The largest absolute Gasteiger partial charge is 0.383 e.